The van der Waals surface area contributed by atoms with E-state index in [2.05, 4.69) is 4.98 Å². The van der Waals surface area contributed by atoms with Crippen LogP contribution in [0.1, 0.15) is 16.8 Å². The van der Waals surface area contributed by atoms with E-state index in [1.54, 1.807) is 12.1 Å². The van der Waals surface area contributed by atoms with Crippen molar-refractivity contribution in [2.75, 3.05) is 25.2 Å². The van der Waals surface area contributed by atoms with Gasteiger partial charge in [0.05, 0.1) is 28.3 Å². The maximum atomic E-state index is 12.9. The second-order valence-corrected chi connectivity index (χ2v) is 9.80. The van der Waals surface area contributed by atoms with Crippen LogP contribution in [0.25, 0.3) is 22.2 Å². The first-order valence-electron chi connectivity index (χ1n) is 9.92. The van der Waals surface area contributed by atoms with Gasteiger partial charge in [0, 0.05) is 24.0 Å². The molecule has 0 bridgehead atoms. The van der Waals surface area contributed by atoms with Crippen LogP contribution in [0.15, 0.2) is 60.7 Å². The van der Waals surface area contributed by atoms with Gasteiger partial charge in [0.2, 0.25) is 0 Å². The number of carbonyl (C=O) groups is 2. The molecule has 160 valence electrons. The van der Waals surface area contributed by atoms with E-state index in [1.807, 2.05) is 48.5 Å². The summed E-state index contributed by atoms with van der Waals surface area (Å²) in [6.07, 6.45) is 0.397. The van der Waals surface area contributed by atoms with E-state index < -0.39 is 28.3 Å². The SMILES string of the molecule is CN(C(=O)COC(=O)c1cc(-c2ccccc2)nc2ccccc12)C1CCS(=O)(=O)C1. The third-order valence-electron chi connectivity index (χ3n) is 5.48. The van der Waals surface area contributed by atoms with Crippen LogP contribution in [0.2, 0.25) is 0 Å². The summed E-state index contributed by atoms with van der Waals surface area (Å²) in [6.45, 7) is -0.455. The zero-order valence-electron chi connectivity index (χ0n) is 17.0. The molecule has 0 saturated carbocycles. The number of carbonyl (C=O) groups excluding carboxylic acids is 2. The van der Waals surface area contributed by atoms with E-state index in [4.69, 9.17) is 4.74 Å². The number of sulfone groups is 1. The number of rotatable bonds is 5. The third-order valence-corrected chi connectivity index (χ3v) is 7.23. The summed E-state index contributed by atoms with van der Waals surface area (Å²) < 4.78 is 28.6. The quantitative estimate of drug-likeness (QED) is 0.569. The van der Waals surface area contributed by atoms with E-state index in [-0.39, 0.29) is 17.5 Å². The highest BCUT2D eigenvalue weighted by Crippen LogP contribution is 2.25. The van der Waals surface area contributed by atoms with E-state index in [0.717, 1.165) is 5.56 Å². The van der Waals surface area contributed by atoms with Crippen LogP contribution < -0.4 is 0 Å². The Labute approximate surface area is 180 Å². The Morgan fingerprint density at radius 2 is 1.81 bits per heavy atom. The molecular weight excluding hydrogens is 416 g/mol. The summed E-state index contributed by atoms with van der Waals surface area (Å²) in [6, 6.07) is 18.0. The molecule has 8 heteroatoms. The van der Waals surface area contributed by atoms with Crippen molar-refractivity contribution >= 4 is 32.6 Å². The fraction of sp³-hybridized carbons (Fsp3) is 0.261. The summed E-state index contributed by atoms with van der Waals surface area (Å²) in [5.41, 5.74) is 2.46. The number of pyridine rings is 1. The number of likely N-dealkylation sites (N-methyl/N-ethyl adjacent to an activating group) is 1. The smallest absolute Gasteiger partial charge is 0.339 e. The van der Waals surface area contributed by atoms with Gasteiger partial charge in [-0.25, -0.2) is 18.2 Å². The molecule has 4 rings (SSSR count). The van der Waals surface area contributed by atoms with Gasteiger partial charge in [-0.2, -0.15) is 0 Å². The summed E-state index contributed by atoms with van der Waals surface area (Å²) in [4.78, 5) is 31.3. The Hall–Kier alpha value is -3.26. The molecule has 1 saturated heterocycles. The molecule has 7 nitrogen and oxygen atoms in total. The summed E-state index contributed by atoms with van der Waals surface area (Å²) in [7, 11) is -1.57. The summed E-state index contributed by atoms with van der Waals surface area (Å²) in [5, 5.41) is 0.634. The number of esters is 1. The molecule has 2 aromatic carbocycles. The Morgan fingerprint density at radius 1 is 1.10 bits per heavy atom. The molecule has 1 aromatic heterocycles. The lowest BCUT2D eigenvalue weighted by Gasteiger charge is -2.23. The maximum absolute atomic E-state index is 12.9. The number of fused-ring (bicyclic) bond motifs is 1. The van der Waals surface area contributed by atoms with Gasteiger partial charge in [0.1, 0.15) is 0 Å². The van der Waals surface area contributed by atoms with Crippen LogP contribution in [-0.4, -0.2) is 61.4 Å². The van der Waals surface area contributed by atoms with Crippen molar-refractivity contribution in [3.05, 3.63) is 66.2 Å². The highest BCUT2D eigenvalue weighted by atomic mass is 32.2. The summed E-state index contributed by atoms with van der Waals surface area (Å²) >= 11 is 0. The molecule has 2 heterocycles. The van der Waals surface area contributed by atoms with Crippen LogP contribution in [0, 0.1) is 0 Å². The molecule has 1 fully saturated rings. The second kappa shape index (κ2) is 8.47. The number of para-hydroxylation sites is 1. The van der Waals surface area contributed by atoms with Crippen molar-refractivity contribution in [3.63, 3.8) is 0 Å². The first-order chi connectivity index (χ1) is 14.8. The van der Waals surface area contributed by atoms with Crippen LogP contribution >= 0.6 is 0 Å². The average molecular weight is 439 g/mol. The minimum atomic E-state index is -3.11. The zero-order chi connectivity index (χ0) is 22.0. The highest BCUT2D eigenvalue weighted by molar-refractivity contribution is 7.91. The van der Waals surface area contributed by atoms with Crippen molar-refractivity contribution in [2.24, 2.45) is 0 Å². The molecule has 1 amide bonds. The van der Waals surface area contributed by atoms with Crippen molar-refractivity contribution in [1.82, 2.24) is 9.88 Å². The Kier molecular flexibility index (Phi) is 5.73. The Morgan fingerprint density at radius 3 is 2.52 bits per heavy atom. The molecule has 0 N–H and O–H groups in total. The number of benzene rings is 2. The standard InChI is InChI=1S/C23H22N2O5S/c1-25(17-11-12-31(28,29)15-17)22(26)14-30-23(27)19-13-21(16-7-3-2-4-8-16)24-20-10-6-5-9-18(19)20/h2-10,13,17H,11-12,14-15H2,1H3. The Bertz CT molecular complexity index is 1240. The first kappa shape index (κ1) is 21.0. The number of ether oxygens (including phenoxy) is 1. The van der Waals surface area contributed by atoms with Crippen LogP contribution in [0.3, 0.4) is 0 Å². The van der Waals surface area contributed by atoms with E-state index in [1.165, 1.54) is 11.9 Å². The molecule has 0 radical (unpaired) electrons. The monoisotopic (exact) mass is 438 g/mol. The third kappa shape index (κ3) is 4.59. The maximum Gasteiger partial charge on any atom is 0.339 e. The minimum absolute atomic E-state index is 0.0569. The van der Waals surface area contributed by atoms with Gasteiger partial charge in [-0.3, -0.25) is 4.79 Å². The lowest BCUT2D eigenvalue weighted by Crippen LogP contribution is -2.40. The van der Waals surface area contributed by atoms with Gasteiger partial charge in [-0.05, 0) is 18.6 Å². The number of amides is 1. The van der Waals surface area contributed by atoms with Gasteiger partial charge in [-0.1, -0.05) is 48.5 Å². The summed E-state index contributed by atoms with van der Waals surface area (Å²) in [5.74, 6) is -1.05. The average Bonchev–Trinajstić information content (AvgIpc) is 3.16. The predicted octanol–water partition coefficient (Wildman–Crippen LogP) is 2.70. The van der Waals surface area contributed by atoms with Gasteiger partial charge < -0.3 is 9.64 Å². The van der Waals surface area contributed by atoms with Crippen LogP contribution in [0.5, 0.6) is 0 Å². The fourth-order valence-corrected chi connectivity index (χ4v) is 5.47. The molecule has 1 atom stereocenters. The first-order valence-corrected chi connectivity index (χ1v) is 11.7. The number of aromatic nitrogens is 1. The van der Waals surface area contributed by atoms with Gasteiger partial charge >= 0.3 is 5.97 Å². The number of hydrogen-bond acceptors (Lipinski definition) is 6. The lowest BCUT2D eigenvalue weighted by molar-refractivity contribution is -0.134. The molecule has 3 aromatic rings. The zero-order valence-corrected chi connectivity index (χ0v) is 17.8. The number of hydrogen-bond donors (Lipinski definition) is 0. The molecule has 1 aliphatic heterocycles. The van der Waals surface area contributed by atoms with Gasteiger partial charge in [-0.15, -0.1) is 0 Å². The molecule has 1 unspecified atom stereocenters. The van der Waals surface area contributed by atoms with Crippen molar-refractivity contribution in [2.45, 2.75) is 12.5 Å². The molecule has 0 aliphatic carbocycles. The van der Waals surface area contributed by atoms with E-state index in [9.17, 15) is 18.0 Å². The molecule has 1 aliphatic rings. The van der Waals surface area contributed by atoms with E-state index >= 15 is 0 Å². The lowest BCUT2D eigenvalue weighted by atomic mass is 10.0. The highest BCUT2D eigenvalue weighted by Gasteiger charge is 2.33. The fourth-order valence-electron chi connectivity index (χ4n) is 3.69. The van der Waals surface area contributed by atoms with E-state index in [0.29, 0.717) is 28.6 Å². The van der Waals surface area contributed by atoms with Crippen molar-refractivity contribution < 1.29 is 22.7 Å². The normalized spacial score (nSPS) is 17.4. The molecule has 31 heavy (non-hydrogen) atoms. The van der Waals surface area contributed by atoms with Gasteiger partial charge in [0.25, 0.3) is 5.91 Å². The largest absolute Gasteiger partial charge is 0.452 e. The Balaban J connectivity index is 1.54. The van der Waals surface area contributed by atoms with Crippen molar-refractivity contribution in [3.8, 4) is 11.3 Å². The number of nitrogens with zero attached hydrogens (tertiary/aromatic N) is 2. The molecule has 0 spiro atoms. The van der Waals surface area contributed by atoms with Gasteiger partial charge in [0.15, 0.2) is 16.4 Å². The molecular formula is C23H22N2O5S. The van der Waals surface area contributed by atoms with Crippen LogP contribution in [-0.2, 0) is 19.4 Å². The topological polar surface area (TPSA) is 93.6 Å². The second-order valence-electron chi connectivity index (χ2n) is 7.58. The predicted molar refractivity (Wildman–Crippen MR) is 117 cm³/mol. The van der Waals surface area contributed by atoms with Crippen molar-refractivity contribution in [1.29, 1.82) is 0 Å². The minimum Gasteiger partial charge on any atom is -0.452 e. The van der Waals surface area contributed by atoms with Crippen LogP contribution in [0.4, 0.5) is 0 Å².